The van der Waals surface area contributed by atoms with E-state index >= 15 is 0 Å². The molecule has 1 amide bonds. The normalized spacial score (nSPS) is 12.3. The number of aromatic nitrogens is 1. The molecule has 0 aromatic carbocycles. The molecule has 3 nitrogen and oxygen atoms in total. The van der Waals surface area contributed by atoms with Gasteiger partial charge in [-0.2, -0.15) is 0 Å². The molecule has 1 aromatic rings. The van der Waals surface area contributed by atoms with Crippen molar-refractivity contribution in [3.8, 4) is 0 Å². The van der Waals surface area contributed by atoms with Crippen molar-refractivity contribution in [2.45, 2.75) is 46.1 Å². The Morgan fingerprint density at radius 2 is 2.11 bits per heavy atom. The molecular formula is C14H21ClN2O. The molecule has 100 valence electrons. The highest BCUT2D eigenvalue weighted by atomic mass is 35.5. The van der Waals surface area contributed by atoms with Crippen LogP contribution < -0.4 is 0 Å². The van der Waals surface area contributed by atoms with Gasteiger partial charge in [0.2, 0.25) is 0 Å². The summed E-state index contributed by atoms with van der Waals surface area (Å²) in [4.78, 5) is 18.3. The Bertz CT molecular complexity index is 420. The number of pyridine rings is 1. The lowest BCUT2D eigenvalue weighted by molar-refractivity contribution is 0.0740. The van der Waals surface area contributed by atoms with Crippen molar-refractivity contribution in [1.82, 2.24) is 9.88 Å². The third kappa shape index (κ3) is 3.70. The average Bonchev–Trinajstić information content (AvgIpc) is 2.35. The topological polar surface area (TPSA) is 33.2 Å². The first-order valence-corrected chi connectivity index (χ1v) is 6.81. The third-order valence-electron chi connectivity index (χ3n) is 3.17. The Morgan fingerprint density at radius 1 is 1.44 bits per heavy atom. The van der Waals surface area contributed by atoms with Crippen molar-refractivity contribution in [2.75, 3.05) is 7.05 Å². The number of amides is 1. The highest BCUT2D eigenvalue weighted by Gasteiger charge is 2.17. The van der Waals surface area contributed by atoms with Gasteiger partial charge in [-0.1, -0.05) is 31.9 Å². The van der Waals surface area contributed by atoms with Crippen LogP contribution in [0.5, 0.6) is 0 Å². The van der Waals surface area contributed by atoms with Gasteiger partial charge in [0, 0.05) is 24.3 Å². The first-order chi connectivity index (χ1) is 8.49. The Kier molecular flexibility index (Phi) is 5.60. The summed E-state index contributed by atoms with van der Waals surface area (Å²) in [6, 6.07) is 3.71. The minimum absolute atomic E-state index is 0.00556. The van der Waals surface area contributed by atoms with Crippen LogP contribution in [0.3, 0.4) is 0 Å². The number of hydrogen-bond donors (Lipinski definition) is 0. The molecule has 0 aliphatic carbocycles. The Morgan fingerprint density at radius 3 is 2.67 bits per heavy atom. The highest BCUT2D eigenvalue weighted by Crippen LogP contribution is 2.15. The fourth-order valence-electron chi connectivity index (χ4n) is 1.74. The lowest BCUT2D eigenvalue weighted by Crippen LogP contribution is -2.34. The molecule has 0 radical (unpaired) electrons. The van der Waals surface area contributed by atoms with Gasteiger partial charge in [-0.05, 0) is 31.9 Å². The molecule has 0 saturated heterocycles. The third-order valence-corrected chi connectivity index (χ3v) is 3.37. The van der Waals surface area contributed by atoms with E-state index in [0.717, 1.165) is 25.0 Å². The van der Waals surface area contributed by atoms with Crippen LogP contribution in [-0.2, 0) is 6.42 Å². The van der Waals surface area contributed by atoms with E-state index in [1.807, 2.05) is 20.0 Å². The summed E-state index contributed by atoms with van der Waals surface area (Å²) >= 11 is 5.97. The number of nitrogens with zero attached hydrogens (tertiary/aromatic N) is 2. The lowest BCUT2D eigenvalue weighted by Gasteiger charge is -2.24. The summed E-state index contributed by atoms with van der Waals surface area (Å²) in [7, 11) is 1.82. The largest absolute Gasteiger partial charge is 0.339 e. The van der Waals surface area contributed by atoms with E-state index in [2.05, 4.69) is 18.8 Å². The van der Waals surface area contributed by atoms with Crippen molar-refractivity contribution in [3.63, 3.8) is 0 Å². The maximum atomic E-state index is 12.3. The monoisotopic (exact) mass is 268 g/mol. The maximum Gasteiger partial charge on any atom is 0.254 e. The van der Waals surface area contributed by atoms with E-state index < -0.39 is 0 Å². The summed E-state index contributed by atoms with van der Waals surface area (Å²) in [5, 5.41) is 0.391. The molecular weight excluding hydrogens is 248 g/mol. The molecule has 1 aromatic heterocycles. The second kappa shape index (κ2) is 6.74. The van der Waals surface area contributed by atoms with Gasteiger partial charge in [-0.3, -0.25) is 4.79 Å². The Labute approximate surface area is 114 Å². The standard InChI is InChI=1S/C14H21ClN2O/c1-5-7-12-8-11(9-13(15)16-12)14(18)17(4)10(3)6-2/h8-10H,5-7H2,1-4H3. The molecule has 18 heavy (non-hydrogen) atoms. The second-order valence-electron chi connectivity index (χ2n) is 4.59. The van der Waals surface area contributed by atoms with Gasteiger partial charge in [-0.25, -0.2) is 4.98 Å². The van der Waals surface area contributed by atoms with Gasteiger partial charge in [0.25, 0.3) is 5.91 Å². The molecule has 0 aliphatic heterocycles. The molecule has 1 heterocycles. The van der Waals surface area contributed by atoms with E-state index in [1.54, 1.807) is 11.0 Å². The van der Waals surface area contributed by atoms with Gasteiger partial charge in [0.15, 0.2) is 0 Å². The Balaban J connectivity index is 2.98. The molecule has 0 saturated carbocycles. The van der Waals surface area contributed by atoms with Crippen molar-refractivity contribution in [3.05, 3.63) is 28.5 Å². The van der Waals surface area contributed by atoms with Crippen molar-refractivity contribution >= 4 is 17.5 Å². The van der Waals surface area contributed by atoms with Crippen LogP contribution in [0.25, 0.3) is 0 Å². The van der Waals surface area contributed by atoms with Crippen LogP contribution >= 0.6 is 11.6 Å². The molecule has 0 bridgehead atoms. The van der Waals surface area contributed by atoms with Gasteiger partial charge < -0.3 is 4.90 Å². The van der Waals surface area contributed by atoms with E-state index in [9.17, 15) is 4.79 Å². The summed E-state index contributed by atoms with van der Waals surface area (Å²) in [6.07, 6.45) is 2.76. The van der Waals surface area contributed by atoms with Crippen molar-refractivity contribution in [2.24, 2.45) is 0 Å². The van der Waals surface area contributed by atoms with Gasteiger partial charge in [-0.15, -0.1) is 0 Å². The van der Waals surface area contributed by atoms with Crippen LogP contribution in [0.1, 0.15) is 49.7 Å². The molecule has 1 atom stereocenters. The zero-order valence-corrected chi connectivity index (χ0v) is 12.3. The van der Waals surface area contributed by atoms with Crippen LogP contribution in [0.15, 0.2) is 12.1 Å². The van der Waals surface area contributed by atoms with Gasteiger partial charge in [0.1, 0.15) is 5.15 Å². The Hall–Kier alpha value is -1.09. The van der Waals surface area contributed by atoms with Gasteiger partial charge >= 0.3 is 0 Å². The van der Waals surface area contributed by atoms with Crippen LogP contribution in [0.4, 0.5) is 0 Å². The molecule has 4 heteroatoms. The number of hydrogen-bond acceptors (Lipinski definition) is 2. The fraction of sp³-hybridized carbons (Fsp3) is 0.571. The van der Waals surface area contributed by atoms with E-state index in [1.165, 1.54) is 0 Å². The zero-order chi connectivity index (χ0) is 13.7. The molecule has 0 N–H and O–H groups in total. The predicted molar refractivity (Wildman–Crippen MR) is 75.1 cm³/mol. The molecule has 0 aliphatic rings. The lowest BCUT2D eigenvalue weighted by atomic mass is 10.1. The van der Waals surface area contributed by atoms with E-state index in [4.69, 9.17) is 11.6 Å². The summed E-state index contributed by atoms with van der Waals surface area (Å²) in [5.41, 5.74) is 1.51. The first kappa shape index (κ1) is 15.0. The molecule has 0 spiro atoms. The number of carbonyl (C=O) groups is 1. The van der Waals surface area contributed by atoms with Crippen molar-refractivity contribution < 1.29 is 4.79 Å². The van der Waals surface area contributed by atoms with Crippen LogP contribution in [0.2, 0.25) is 5.15 Å². The number of halogens is 1. The second-order valence-corrected chi connectivity index (χ2v) is 4.98. The SMILES string of the molecule is CCCc1cc(C(=O)N(C)C(C)CC)cc(Cl)n1. The van der Waals surface area contributed by atoms with E-state index in [0.29, 0.717) is 10.7 Å². The summed E-state index contributed by atoms with van der Waals surface area (Å²) < 4.78 is 0. The quantitative estimate of drug-likeness (QED) is 0.765. The number of aryl methyl sites for hydroxylation is 1. The van der Waals surface area contributed by atoms with E-state index in [-0.39, 0.29) is 11.9 Å². The fourth-order valence-corrected chi connectivity index (χ4v) is 1.96. The van der Waals surface area contributed by atoms with Crippen LogP contribution in [-0.4, -0.2) is 28.9 Å². The predicted octanol–water partition coefficient (Wildman–Crippen LogP) is 3.56. The molecule has 0 fully saturated rings. The smallest absolute Gasteiger partial charge is 0.254 e. The summed E-state index contributed by atoms with van der Waals surface area (Å²) in [5.74, 6) is 0.00556. The maximum absolute atomic E-state index is 12.3. The zero-order valence-electron chi connectivity index (χ0n) is 11.5. The number of carbonyl (C=O) groups excluding carboxylic acids is 1. The average molecular weight is 269 g/mol. The first-order valence-electron chi connectivity index (χ1n) is 6.43. The molecule has 1 unspecified atom stereocenters. The summed E-state index contributed by atoms with van der Waals surface area (Å²) in [6.45, 7) is 6.18. The highest BCUT2D eigenvalue weighted by molar-refractivity contribution is 6.29. The van der Waals surface area contributed by atoms with Gasteiger partial charge in [0.05, 0.1) is 0 Å². The minimum Gasteiger partial charge on any atom is -0.339 e. The van der Waals surface area contributed by atoms with Crippen molar-refractivity contribution in [1.29, 1.82) is 0 Å². The molecule has 1 rings (SSSR count). The van der Waals surface area contributed by atoms with Crippen LogP contribution in [0, 0.1) is 0 Å². The number of rotatable bonds is 5. The minimum atomic E-state index is 0.00556.